The van der Waals surface area contributed by atoms with Gasteiger partial charge in [0.25, 0.3) is 0 Å². The zero-order chi connectivity index (χ0) is 16.4. The van der Waals surface area contributed by atoms with Crippen LogP contribution >= 0.6 is 24.0 Å². The van der Waals surface area contributed by atoms with Gasteiger partial charge in [-0.3, -0.25) is 4.99 Å². The summed E-state index contributed by atoms with van der Waals surface area (Å²) in [4.78, 5) is 7.09. The Morgan fingerprint density at radius 1 is 1.26 bits per heavy atom. The smallest absolute Gasteiger partial charge is 0.191 e. The third-order valence-electron chi connectivity index (χ3n) is 3.56. The van der Waals surface area contributed by atoms with Gasteiger partial charge in [0.15, 0.2) is 5.96 Å². The van der Waals surface area contributed by atoms with Gasteiger partial charge in [0, 0.05) is 13.1 Å². The summed E-state index contributed by atoms with van der Waals surface area (Å²) >= 11 is 0. The van der Waals surface area contributed by atoms with Gasteiger partial charge in [-0.05, 0) is 52.4 Å². The minimum atomic E-state index is 0. The molecule has 0 aliphatic rings. The standard InChI is InChI=1S/C17H32N4O.HI/c1-6-12-21(8-3)13-11-19-17(18-7-2)20-15(5)16-10-9-14(4)22-16;/h9-10,15H,6-8,11-13H2,1-5H3,(H2,18,19,20);1H. The molecule has 1 aromatic heterocycles. The molecule has 1 rings (SSSR count). The molecular weight excluding hydrogens is 403 g/mol. The van der Waals surface area contributed by atoms with E-state index in [1.54, 1.807) is 0 Å². The third kappa shape index (κ3) is 8.60. The number of nitrogens with one attached hydrogen (secondary N) is 2. The number of hydrogen-bond donors (Lipinski definition) is 2. The number of rotatable bonds is 9. The van der Waals surface area contributed by atoms with E-state index in [1.807, 2.05) is 19.1 Å². The highest BCUT2D eigenvalue weighted by atomic mass is 127. The molecule has 1 heterocycles. The van der Waals surface area contributed by atoms with Gasteiger partial charge in [0.2, 0.25) is 0 Å². The van der Waals surface area contributed by atoms with Gasteiger partial charge in [-0.15, -0.1) is 24.0 Å². The summed E-state index contributed by atoms with van der Waals surface area (Å²) in [6, 6.07) is 4.10. The topological polar surface area (TPSA) is 52.8 Å². The first-order valence-electron chi connectivity index (χ1n) is 8.44. The zero-order valence-electron chi connectivity index (χ0n) is 15.2. The Labute approximate surface area is 158 Å². The van der Waals surface area contributed by atoms with Gasteiger partial charge < -0.3 is 20.0 Å². The molecule has 0 bridgehead atoms. The maximum Gasteiger partial charge on any atom is 0.191 e. The van der Waals surface area contributed by atoms with Gasteiger partial charge >= 0.3 is 0 Å². The van der Waals surface area contributed by atoms with E-state index >= 15 is 0 Å². The molecule has 0 amide bonds. The first-order valence-corrected chi connectivity index (χ1v) is 8.44. The van der Waals surface area contributed by atoms with Crippen molar-refractivity contribution >= 4 is 29.9 Å². The van der Waals surface area contributed by atoms with Crippen LogP contribution in [0, 0.1) is 6.92 Å². The van der Waals surface area contributed by atoms with Crippen molar-refractivity contribution in [2.75, 3.05) is 32.7 Å². The molecule has 23 heavy (non-hydrogen) atoms. The van der Waals surface area contributed by atoms with Crippen molar-refractivity contribution < 1.29 is 4.42 Å². The van der Waals surface area contributed by atoms with Crippen LogP contribution in [-0.2, 0) is 0 Å². The number of likely N-dealkylation sites (N-methyl/N-ethyl adjacent to an activating group) is 1. The van der Waals surface area contributed by atoms with E-state index < -0.39 is 0 Å². The molecule has 0 radical (unpaired) electrons. The van der Waals surface area contributed by atoms with Gasteiger partial charge in [-0.1, -0.05) is 13.8 Å². The Balaban J connectivity index is 0.00000484. The van der Waals surface area contributed by atoms with Crippen LogP contribution in [0.5, 0.6) is 0 Å². The average Bonchev–Trinajstić information content (AvgIpc) is 2.93. The summed E-state index contributed by atoms with van der Waals surface area (Å²) < 4.78 is 5.66. The maximum absolute atomic E-state index is 5.66. The third-order valence-corrected chi connectivity index (χ3v) is 3.56. The zero-order valence-corrected chi connectivity index (χ0v) is 17.5. The predicted octanol–water partition coefficient (Wildman–Crippen LogP) is 3.55. The summed E-state index contributed by atoms with van der Waals surface area (Å²) in [6.45, 7) is 15.4. The predicted molar refractivity (Wildman–Crippen MR) is 109 cm³/mol. The molecule has 2 N–H and O–H groups in total. The van der Waals surface area contributed by atoms with Crippen LogP contribution in [0.25, 0.3) is 0 Å². The highest BCUT2D eigenvalue weighted by molar-refractivity contribution is 14.0. The first kappa shape index (κ1) is 22.2. The number of furan rings is 1. The number of halogens is 1. The van der Waals surface area contributed by atoms with Crippen LogP contribution < -0.4 is 10.6 Å². The minimum Gasteiger partial charge on any atom is -0.464 e. The second-order valence-electron chi connectivity index (χ2n) is 5.51. The van der Waals surface area contributed by atoms with E-state index in [2.05, 4.69) is 48.2 Å². The van der Waals surface area contributed by atoms with Crippen LogP contribution in [0.3, 0.4) is 0 Å². The van der Waals surface area contributed by atoms with Gasteiger partial charge in [-0.25, -0.2) is 0 Å². The fourth-order valence-electron chi connectivity index (χ4n) is 2.33. The van der Waals surface area contributed by atoms with Crippen molar-refractivity contribution in [1.82, 2.24) is 15.5 Å². The van der Waals surface area contributed by atoms with Gasteiger partial charge in [0.05, 0.1) is 12.6 Å². The summed E-state index contributed by atoms with van der Waals surface area (Å²) in [5.41, 5.74) is 0. The normalized spacial score (nSPS) is 12.9. The lowest BCUT2D eigenvalue weighted by molar-refractivity contribution is 0.297. The number of aliphatic imine (C=N–C) groups is 1. The number of hydrogen-bond acceptors (Lipinski definition) is 3. The van der Waals surface area contributed by atoms with Crippen molar-refractivity contribution in [2.45, 2.75) is 47.1 Å². The Kier molecular flexibility index (Phi) is 12.2. The Morgan fingerprint density at radius 3 is 2.52 bits per heavy atom. The van der Waals surface area contributed by atoms with E-state index in [0.717, 1.165) is 50.2 Å². The van der Waals surface area contributed by atoms with E-state index in [4.69, 9.17) is 4.42 Å². The van der Waals surface area contributed by atoms with Crippen molar-refractivity contribution in [1.29, 1.82) is 0 Å². The highest BCUT2D eigenvalue weighted by Crippen LogP contribution is 2.15. The summed E-state index contributed by atoms with van der Waals surface area (Å²) in [5.74, 6) is 2.71. The summed E-state index contributed by atoms with van der Waals surface area (Å²) in [5, 5.41) is 6.69. The molecule has 0 aliphatic carbocycles. The monoisotopic (exact) mass is 436 g/mol. The van der Waals surface area contributed by atoms with E-state index in [0.29, 0.717) is 0 Å². The van der Waals surface area contributed by atoms with Crippen molar-refractivity contribution in [3.63, 3.8) is 0 Å². The maximum atomic E-state index is 5.66. The molecule has 5 nitrogen and oxygen atoms in total. The molecule has 6 heteroatoms. The highest BCUT2D eigenvalue weighted by Gasteiger charge is 2.11. The molecule has 0 saturated carbocycles. The Morgan fingerprint density at radius 2 is 2.00 bits per heavy atom. The summed E-state index contributed by atoms with van der Waals surface area (Å²) in [7, 11) is 0. The fourth-order valence-corrected chi connectivity index (χ4v) is 2.33. The molecule has 1 unspecified atom stereocenters. The second kappa shape index (κ2) is 12.6. The van der Waals surface area contributed by atoms with E-state index in [1.165, 1.54) is 6.42 Å². The Hall–Kier alpha value is -0.760. The molecule has 1 aromatic rings. The van der Waals surface area contributed by atoms with Crippen LogP contribution in [0.15, 0.2) is 21.5 Å². The molecule has 0 fully saturated rings. The quantitative estimate of drug-likeness (QED) is 0.353. The summed E-state index contributed by atoms with van der Waals surface area (Å²) in [6.07, 6.45) is 1.19. The Bertz CT molecular complexity index is 448. The molecule has 134 valence electrons. The van der Waals surface area contributed by atoms with Crippen LogP contribution in [0.2, 0.25) is 0 Å². The molecule has 0 spiro atoms. The van der Waals surface area contributed by atoms with Crippen molar-refractivity contribution in [3.05, 3.63) is 23.7 Å². The largest absolute Gasteiger partial charge is 0.464 e. The molecule has 0 aromatic carbocycles. The second-order valence-corrected chi connectivity index (χ2v) is 5.51. The molecular formula is C17H33IN4O. The lowest BCUT2D eigenvalue weighted by Crippen LogP contribution is -2.39. The lowest BCUT2D eigenvalue weighted by Gasteiger charge is -2.19. The molecule has 0 aliphatic heterocycles. The molecule has 0 saturated heterocycles. The van der Waals surface area contributed by atoms with Crippen LogP contribution in [0.4, 0.5) is 0 Å². The molecule has 1 atom stereocenters. The van der Waals surface area contributed by atoms with E-state index in [-0.39, 0.29) is 30.0 Å². The van der Waals surface area contributed by atoms with Gasteiger partial charge in [0.1, 0.15) is 11.5 Å². The van der Waals surface area contributed by atoms with E-state index in [9.17, 15) is 0 Å². The van der Waals surface area contributed by atoms with Gasteiger partial charge in [-0.2, -0.15) is 0 Å². The SMILES string of the molecule is CCCN(CC)CCN=C(NCC)NC(C)c1ccc(C)o1.I. The average molecular weight is 436 g/mol. The minimum absolute atomic E-state index is 0. The van der Waals surface area contributed by atoms with Crippen molar-refractivity contribution in [3.8, 4) is 0 Å². The number of nitrogens with zero attached hydrogens (tertiary/aromatic N) is 2. The lowest BCUT2D eigenvalue weighted by atomic mass is 10.2. The van der Waals surface area contributed by atoms with Crippen molar-refractivity contribution in [2.24, 2.45) is 4.99 Å². The number of aryl methyl sites for hydroxylation is 1. The first-order chi connectivity index (χ1) is 10.6. The van der Waals surface area contributed by atoms with Crippen LogP contribution in [0.1, 0.15) is 51.7 Å². The van der Waals surface area contributed by atoms with Crippen LogP contribution in [-0.4, -0.2) is 43.6 Å². The fraction of sp³-hybridized carbons (Fsp3) is 0.706. The number of guanidine groups is 1.